The molecule has 2 aromatic carbocycles. The smallest absolute Gasteiger partial charge is 0.0561 e. The van der Waals surface area contributed by atoms with Gasteiger partial charge in [-0.2, -0.15) is 5.10 Å². The maximum atomic E-state index is 6.51. The molecule has 0 unspecified atom stereocenters. The van der Waals surface area contributed by atoms with E-state index in [9.17, 15) is 0 Å². The van der Waals surface area contributed by atoms with Gasteiger partial charge in [-0.15, -0.1) is 0 Å². The molecule has 1 N–H and O–H groups in total. The van der Waals surface area contributed by atoms with Gasteiger partial charge in [-0.1, -0.05) is 29.8 Å². The SMILES string of the molecule is Cc1c(N2CCCC2)ccc(C=NNc2ccccc2)c1Cl. The van der Waals surface area contributed by atoms with Crippen molar-refractivity contribution in [3.05, 3.63) is 58.6 Å². The van der Waals surface area contributed by atoms with Crippen molar-refractivity contribution in [2.75, 3.05) is 23.4 Å². The van der Waals surface area contributed by atoms with Crippen LogP contribution in [0.3, 0.4) is 0 Å². The van der Waals surface area contributed by atoms with E-state index in [-0.39, 0.29) is 0 Å². The Morgan fingerprint density at radius 1 is 1.09 bits per heavy atom. The highest BCUT2D eigenvalue weighted by Gasteiger charge is 2.16. The second-order valence-electron chi connectivity index (χ2n) is 5.54. The zero-order valence-electron chi connectivity index (χ0n) is 12.7. The van der Waals surface area contributed by atoms with Gasteiger partial charge in [0.2, 0.25) is 0 Å². The summed E-state index contributed by atoms with van der Waals surface area (Å²) in [6, 6.07) is 14.1. The highest BCUT2D eigenvalue weighted by atomic mass is 35.5. The van der Waals surface area contributed by atoms with Crippen molar-refractivity contribution in [3.8, 4) is 0 Å². The highest BCUT2D eigenvalue weighted by Crippen LogP contribution is 2.31. The molecule has 1 saturated heterocycles. The molecule has 0 bridgehead atoms. The van der Waals surface area contributed by atoms with Crippen LogP contribution in [-0.2, 0) is 0 Å². The predicted octanol–water partition coefficient (Wildman–Crippen LogP) is 4.69. The molecule has 0 atom stereocenters. The molecule has 22 heavy (non-hydrogen) atoms. The third-order valence-corrected chi connectivity index (χ3v) is 4.51. The van der Waals surface area contributed by atoms with Crippen molar-refractivity contribution in [1.29, 1.82) is 0 Å². The largest absolute Gasteiger partial charge is 0.371 e. The first-order valence-corrected chi connectivity index (χ1v) is 8.01. The summed E-state index contributed by atoms with van der Waals surface area (Å²) in [4.78, 5) is 2.41. The summed E-state index contributed by atoms with van der Waals surface area (Å²) < 4.78 is 0. The molecule has 0 radical (unpaired) electrons. The Kier molecular flexibility index (Phi) is 4.64. The molecule has 1 aliphatic rings. The lowest BCUT2D eigenvalue weighted by Crippen LogP contribution is -2.18. The lowest BCUT2D eigenvalue weighted by molar-refractivity contribution is 0.949. The van der Waals surface area contributed by atoms with Crippen molar-refractivity contribution in [1.82, 2.24) is 0 Å². The van der Waals surface area contributed by atoms with Gasteiger partial charge in [0, 0.05) is 24.3 Å². The van der Waals surface area contributed by atoms with E-state index in [1.54, 1.807) is 6.21 Å². The lowest BCUT2D eigenvalue weighted by atomic mass is 10.1. The second kappa shape index (κ2) is 6.84. The Balaban J connectivity index is 1.75. The number of para-hydroxylation sites is 1. The van der Waals surface area contributed by atoms with Gasteiger partial charge >= 0.3 is 0 Å². The summed E-state index contributed by atoms with van der Waals surface area (Å²) in [7, 11) is 0. The highest BCUT2D eigenvalue weighted by molar-refractivity contribution is 6.34. The fourth-order valence-corrected chi connectivity index (χ4v) is 2.99. The van der Waals surface area contributed by atoms with Gasteiger partial charge in [-0.05, 0) is 49.6 Å². The van der Waals surface area contributed by atoms with Crippen LogP contribution in [0.15, 0.2) is 47.6 Å². The average Bonchev–Trinajstić information content (AvgIpc) is 3.07. The van der Waals surface area contributed by atoms with Crippen molar-refractivity contribution < 1.29 is 0 Å². The molecule has 2 aromatic rings. The zero-order valence-corrected chi connectivity index (χ0v) is 13.5. The van der Waals surface area contributed by atoms with Gasteiger partial charge in [0.05, 0.1) is 16.9 Å². The third-order valence-electron chi connectivity index (χ3n) is 4.01. The molecule has 1 aliphatic heterocycles. The minimum atomic E-state index is 0.781. The molecule has 4 heteroatoms. The van der Waals surface area contributed by atoms with E-state index >= 15 is 0 Å². The van der Waals surface area contributed by atoms with E-state index in [0.717, 1.165) is 34.9 Å². The third kappa shape index (κ3) is 3.25. The number of nitrogens with zero attached hydrogens (tertiary/aromatic N) is 2. The van der Waals surface area contributed by atoms with Crippen LogP contribution in [0.2, 0.25) is 5.02 Å². The van der Waals surface area contributed by atoms with Crippen LogP contribution in [-0.4, -0.2) is 19.3 Å². The van der Waals surface area contributed by atoms with Gasteiger partial charge in [0.15, 0.2) is 0 Å². The maximum Gasteiger partial charge on any atom is 0.0561 e. The Bertz CT molecular complexity index is 662. The number of benzene rings is 2. The van der Waals surface area contributed by atoms with Crippen LogP contribution >= 0.6 is 11.6 Å². The summed E-state index contributed by atoms with van der Waals surface area (Å²) in [5, 5.41) is 5.05. The normalized spacial score (nSPS) is 14.7. The van der Waals surface area contributed by atoms with Crippen LogP contribution < -0.4 is 10.3 Å². The van der Waals surface area contributed by atoms with Gasteiger partial charge in [0.25, 0.3) is 0 Å². The molecular weight excluding hydrogens is 294 g/mol. The van der Waals surface area contributed by atoms with Crippen molar-refractivity contribution in [2.45, 2.75) is 19.8 Å². The average molecular weight is 314 g/mol. The van der Waals surface area contributed by atoms with Gasteiger partial charge in [-0.25, -0.2) is 0 Å². The Morgan fingerprint density at radius 2 is 1.82 bits per heavy atom. The van der Waals surface area contributed by atoms with E-state index in [1.165, 1.54) is 18.5 Å². The fraction of sp³-hybridized carbons (Fsp3) is 0.278. The Labute approximate surface area is 136 Å². The van der Waals surface area contributed by atoms with Crippen molar-refractivity contribution >= 4 is 29.2 Å². The zero-order chi connectivity index (χ0) is 15.4. The number of rotatable bonds is 4. The van der Waals surface area contributed by atoms with Gasteiger partial charge in [0.1, 0.15) is 0 Å². The molecule has 3 rings (SSSR count). The Hall–Kier alpha value is -2.00. The molecule has 0 spiro atoms. The molecule has 0 saturated carbocycles. The molecule has 0 amide bonds. The number of hydrogen-bond donors (Lipinski definition) is 1. The van der Waals surface area contributed by atoms with Gasteiger partial charge in [-0.3, -0.25) is 5.43 Å². The lowest BCUT2D eigenvalue weighted by Gasteiger charge is -2.21. The first kappa shape index (κ1) is 14.9. The summed E-state index contributed by atoms with van der Waals surface area (Å²) in [6.45, 7) is 4.33. The summed E-state index contributed by atoms with van der Waals surface area (Å²) in [6.07, 6.45) is 4.30. The number of halogens is 1. The van der Waals surface area contributed by atoms with E-state index < -0.39 is 0 Å². The predicted molar refractivity (Wildman–Crippen MR) is 95.3 cm³/mol. The van der Waals surface area contributed by atoms with Crippen LogP contribution in [0.25, 0.3) is 0 Å². The first-order chi connectivity index (χ1) is 10.8. The van der Waals surface area contributed by atoms with Crippen molar-refractivity contribution in [2.24, 2.45) is 5.10 Å². The number of anilines is 2. The molecule has 114 valence electrons. The molecule has 3 nitrogen and oxygen atoms in total. The molecule has 1 fully saturated rings. The minimum Gasteiger partial charge on any atom is -0.371 e. The second-order valence-corrected chi connectivity index (χ2v) is 5.92. The van der Waals surface area contributed by atoms with Crippen LogP contribution in [0, 0.1) is 6.92 Å². The molecular formula is C18H20ClN3. The Morgan fingerprint density at radius 3 is 2.55 bits per heavy atom. The standard InChI is InChI=1S/C18H20ClN3/c1-14-17(22-11-5-6-12-22)10-9-15(18(14)19)13-20-21-16-7-3-2-4-8-16/h2-4,7-10,13,21H,5-6,11-12H2,1H3. The number of nitrogens with one attached hydrogen (secondary N) is 1. The van der Waals surface area contributed by atoms with E-state index in [1.807, 2.05) is 36.4 Å². The maximum absolute atomic E-state index is 6.51. The van der Waals surface area contributed by atoms with Crippen molar-refractivity contribution in [3.63, 3.8) is 0 Å². The quantitative estimate of drug-likeness (QED) is 0.654. The summed E-state index contributed by atoms with van der Waals surface area (Å²) in [5.74, 6) is 0. The first-order valence-electron chi connectivity index (χ1n) is 7.64. The van der Waals surface area contributed by atoms with Crippen LogP contribution in [0.5, 0.6) is 0 Å². The fourth-order valence-electron chi connectivity index (χ4n) is 2.79. The number of hydrazone groups is 1. The summed E-state index contributed by atoms with van der Waals surface area (Å²) in [5.41, 5.74) is 7.28. The van der Waals surface area contributed by atoms with E-state index in [4.69, 9.17) is 11.6 Å². The number of hydrogen-bond acceptors (Lipinski definition) is 3. The summed E-state index contributed by atoms with van der Waals surface area (Å²) >= 11 is 6.51. The molecule has 1 heterocycles. The monoisotopic (exact) mass is 313 g/mol. The van der Waals surface area contributed by atoms with Crippen LogP contribution in [0.1, 0.15) is 24.0 Å². The molecule has 0 aliphatic carbocycles. The minimum absolute atomic E-state index is 0.781. The molecule has 0 aromatic heterocycles. The van der Waals surface area contributed by atoms with Crippen LogP contribution in [0.4, 0.5) is 11.4 Å². The van der Waals surface area contributed by atoms with E-state index in [2.05, 4.69) is 28.4 Å². The van der Waals surface area contributed by atoms with E-state index in [0.29, 0.717) is 0 Å². The topological polar surface area (TPSA) is 27.6 Å². The van der Waals surface area contributed by atoms with Gasteiger partial charge < -0.3 is 4.90 Å².